The molecule has 4 unspecified atom stereocenters. The van der Waals surface area contributed by atoms with Crippen LogP contribution < -0.4 is 5.69 Å². The Balaban J connectivity index is 2.06. The van der Waals surface area contributed by atoms with Crippen LogP contribution in [-0.4, -0.2) is 49.7 Å². The molecule has 3 N–H and O–H groups in total. The molecule has 20 heavy (non-hydrogen) atoms. The number of ether oxygens (including phenoxy) is 1. The van der Waals surface area contributed by atoms with Crippen molar-refractivity contribution in [2.45, 2.75) is 31.5 Å². The van der Waals surface area contributed by atoms with Gasteiger partial charge < -0.3 is 19.9 Å². The van der Waals surface area contributed by atoms with Crippen LogP contribution in [0.2, 0.25) is 0 Å². The fourth-order valence-electron chi connectivity index (χ4n) is 2.41. The van der Waals surface area contributed by atoms with E-state index in [4.69, 9.17) is 9.84 Å². The van der Waals surface area contributed by atoms with E-state index in [1.54, 1.807) is 6.07 Å². The van der Waals surface area contributed by atoms with Crippen LogP contribution in [0.25, 0.3) is 11.0 Å². The Labute approximate surface area is 112 Å². The third-order valence-electron chi connectivity index (χ3n) is 3.42. The Bertz CT molecular complexity index is 698. The number of alkyl halides is 1. The second kappa shape index (κ2) is 4.65. The van der Waals surface area contributed by atoms with E-state index >= 15 is 0 Å². The van der Waals surface area contributed by atoms with Crippen LogP contribution >= 0.6 is 0 Å². The predicted octanol–water partition coefficient (Wildman–Crippen LogP) is -0.378. The molecule has 2 aromatic rings. The van der Waals surface area contributed by atoms with Crippen molar-refractivity contribution in [3.8, 4) is 0 Å². The van der Waals surface area contributed by atoms with E-state index in [-0.39, 0.29) is 0 Å². The zero-order chi connectivity index (χ0) is 14.4. The quantitative estimate of drug-likeness (QED) is 0.697. The highest BCUT2D eigenvalue weighted by Gasteiger charge is 2.45. The van der Waals surface area contributed by atoms with Crippen molar-refractivity contribution in [3.05, 3.63) is 28.4 Å². The first-order valence-electron chi connectivity index (χ1n) is 6.18. The van der Waals surface area contributed by atoms with Gasteiger partial charge in [-0.25, -0.2) is 9.18 Å². The number of aromatic nitrogens is 3. The maximum Gasteiger partial charge on any atom is 0.351 e. The Hall–Kier alpha value is -1.77. The molecular formula is C12H14FN3O4. The van der Waals surface area contributed by atoms with Gasteiger partial charge in [0.2, 0.25) is 0 Å². The summed E-state index contributed by atoms with van der Waals surface area (Å²) in [6, 6.07) is 1.76. The molecule has 1 aliphatic heterocycles. The first kappa shape index (κ1) is 13.2. The smallest absolute Gasteiger partial charge is 0.351 e. The van der Waals surface area contributed by atoms with Gasteiger partial charge in [-0.15, -0.1) is 0 Å². The summed E-state index contributed by atoms with van der Waals surface area (Å²) in [5.41, 5.74) is 0.552. The van der Waals surface area contributed by atoms with E-state index in [2.05, 4.69) is 9.97 Å². The molecule has 0 aromatic carbocycles. The van der Waals surface area contributed by atoms with Gasteiger partial charge in [0.1, 0.15) is 17.9 Å². The van der Waals surface area contributed by atoms with Crippen LogP contribution in [0.5, 0.6) is 0 Å². The number of H-pyrrole nitrogens is 1. The Morgan fingerprint density at radius 2 is 2.35 bits per heavy atom. The number of halogens is 1. The Kier molecular flexibility index (Phi) is 3.08. The summed E-state index contributed by atoms with van der Waals surface area (Å²) < 4.78 is 20.2. The van der Waals surface area contributed by atoms with Crippen LogP contribution in [0, 0.1) is 6.92 Å². The molecular weight excluding hydrogens is 269 g/mol. The van der Waals surface area contributed by atoms with E-state index < -0.39 is 36.9 Å². The van der Waals surface area contributed by atoms with Crippen LogP contribution in [-0.2, 0) is 4.74 Å². The minimum atomic E-state index is -1.80. The standard InChI is InChI=1S/C12H14FN3O4/c1-5-2-6-3-16(12(19)15-10(6)14-5)11-8(13)9(18)7(4-17)20-11/h2-3,7-9,11,17-18H,4H2,1H3,(H,14,15,19). The number of aromatic amines is 1. The lowest BCUT2D eigenvalue weighted by molar-refractivity contribution is -0.0489. The van der Waals surface area contributed by atoms with E-state index in [1.165, 1.54) is 6.20 Å². The number of fused-ring (bicyclic) bond motifs is 1. The minimum Gasteiger partial charge on any atom is -0.394 e. The molecule has 8 heteroatoms. The summed E-state index contributed by atoms with van der Waals surface area (Å²) in [4.78, 5) is 18.6. The normalized spacial score (nSPS) is 30.2. The fourth-order valence-corrected chi connectivity index (χ4v) is 2.41. The van der Waals surface area contributed by atoms with Crippen molar-refractivity contribution in [2.24, 2.45) is 0 Å². The first-order chi connectivity index (χ1) is 9.51. The van der Waals surface area contributed by atoms with Crippen LogP contribution in [0.1, 0.15) is 11.9 Å². The number of aliphatic hydroxyl groups excluding tert-OH is 2. The molecule has 1 fully saturated rings. The molecule has 3 rings (SSSR count). The zero-order valence-corrected chi connectivity index (χ0v) is 10.7. The van der Waals surface area contributed by atoms with Gasteiger partial charge in [-0.05, 0) is 13.0 Å². The molecule has 4 atom stereocenters. The van der Waals surface area contributed by atoms with Gasteiger partial charge in [0, 0.05) is 17.3 Å². The van der Waals surface area contributed by atoms with E-state index in [0.717, 1.165) is 10.3 Å². The molecule has 108 valence electrons. The van der Waals surface area contributed by atoms with Gasteiger partial charge in [0.15, 0.2) is 12.4 Å². The molecule has 1 saturated heterocycles. The third kappa shape index (κ3) is 1.92. The Morgan fingerprint density at radius 1 is 1.60 bits per heavy atom. The molecule has 0 aliphatic carbocycles. The van der Waals surface area contributed by atoms with Crippen molar-refractivity contribution in [2.75, 3.05) is 6.61 Å². The van der Waals surface area contributed by atoms with Crippen LogP contribution in [0.3, 0.4) is 0 Å². The van der Waals surface area contributed by atoms with E-state index in [0.29, 0.717) is 11.0 Å². The lowest BCUT2D eigenvalue weighted by Crippen LogP contribution is -2.33. The molecule has 0 spiro atoms. The predicted molar refractivity (Wildman–Crippen MR) is 67.0 cm³/mol. The Morgan fingerprint density at radius 3 is 3.00 bits per heavy atom. The highest BCUT2D eigenvalue weighted by Crippen LogP contribution is 2.31. The minimum absolute atomic E-state index is 0.413. The topological polar surface area (TPSA) is 100 Å². The highest BCUT2D eigenvalue weighted by molar-refractivity contribution is 5.75. The number of nitrogens with zero attached hydrogens (tertiary/aromatic N) is 2. The molecule has 0 radical (unpaired) electrons. The zero-order valence-electron chi connectivity index (χ0n) is 10.7. The third-order valence-corrected chi connectivity index (χ3v) is 3.42. The van der Waals surface area contributed by atoms with Gasteiger partial charge in [-0.1, -0.05) is 0 Å². The number of rotatable bonds is 2. The SMILES string of the molecule is Cc1cc2cn(C3OC(CO)C(O)C3F)c(=O)nc2[nH]1. The molecule has 3 heterocycles. The lowest BCUT2D eigenvalue weighted by atomic mass is 10.1. The molecule has 7 nitrogen and oxygen atoms in total. The monoisotopic (exact) mass is 283 g/mol. The fraction of sp³-hybridized carbons (Fsp3) is 0.500. The van der Waals surface area contributed by atoms with Crippen molar-refractivity contribution in [1.82, 2.24) is 14.5 Å². The molecule has 0 saturated carbocycles. The van der Waals surface area contributed by atoms with E-state index in [9.17, 15) is 14.3 Å². The van der Waals surface area contributed by atoms with Crippen molar-refractivity contribution in [3.63, 3.8) is 0 Å². The number of hydrogen-bond donors (Lipinski definition) is 3. The van der Waals surface area contributed by atoms with Crippen molar-refractivity contribution in [1.29, 1.82) is 0 Å². The van der Waals surface area contributed by atoms with Gasteiger partial charge in [-0.3, -0.25) is 4.57 Å². The average Bonchev–Trinajstić information content (AvgIpc) is 2.89. The average molecular weight is 283 g/mol. The highest BCUT2D eigenvalue weighted by atomic mass is 19.1. The molecule has 0 bridgehead atoms. The maximum absolute atomic E-state index is 14.0. The van der Waals surface area contributed by atoms with Crippen LogP contribution in [0.15, 0.2) is 17.1 Å². The van der Waals surface area contributed by atoms with Gasteiger partial charge in [0.25, 0.3) is 0 Å². The van der Waals surface area contributed by atoms with E-state index in [1.807, 2.05) is 6.92 Å². The van der Waals surface area contributed by atoms with Crippen molar-refractivity contribution >= 4 is 11.0 Å². The summed E-state index contributed by atoms with van der Waals surface area (Å²) in [7, 11) is 0. The number of nitrogens with one attached hydrogen (secondary N) is 1. The van der Waals surface area contributed by atoms with Gasteiger partial charge >= 0.3 is 5.69 Å². The summed E-state index contributed by atoms with van der Waals surface area (Å²) in [6.07, 6.45) is -4.19. The molecule has 2 aromatic heterocycles. The molecule has 1 aliphatic rings. The van der Waals surface area contributed by atoms with Gasteiger partial charge in [0.05, 0.1) is 6.61 Å². The summed E-state index contributed by atoms with van der Waals surface area (Å²) in [6.45, 7) is 1.29. The maximum atomic E-state index is 14.0. The summed E-state index contributed by atoms with van der Waals surface area (Å²) in [5.74, 6) is 0. The summed E-state index contributed by atoms with van der Waals surface area (Å²) in [5, 5.41) is 19.2. The largest absolute Gasteiger partial charge is 0.394 e. The lowest BCUT2D eigenvalue weighted by Gasteiger charge is -2.15. The number of aryl methyl sites for hydroxylation is 1. The van der Waals surface area contributed by atoms with Gasteiger partial charge in [-0.2, -0.15) is 4.98 Å². The van der Waals surface area contributed by atoms with Crippen molar-refractivity contribution < 1.29 is 19.3 Å². The second-order valence-electron chi connectivity index (χ2n) is 4.87. The van der Waals surface area contributed by atoms with Crippen LogP contribution in [0.4, 0.5) is 4.39 Å². The number of hydrogen-bond acceptors (Lipinski definition) is 5. The second-order valence-corrected chi connectivity index (χ2v) is 4.87. The summed E-state index contributed by atoms with van der Waals surface area (Å²) >= 11 is 0. The first-order valence-corrected chi connectivity index (χ1v) is 6.18. The number of aliphatic hydroxyl groups is 2. The molecule has 0 amide bonds.